The van der Waals surface area contributed by atoms with Crippen molar-refractivity contribution in [1.29, 1.82) is 0 Å². The Morgan fingerprint density at radius 2 is 1.61 bits per heavy atom. The summed E-state index contributed by atoms with van der Waals surface area (Å²) in [6, 6.07) is 9.90. The molecular formula is C18H16F4N2O4. The van der Waals surface area contributed by atoms with Crippen LogP contribution in [-0.4, -0.2) is 30.5 Å². The molecule has 6 nitrogen and oxygen atoms in total. The van der Waals surface area contributed by atoms with E-state index in [0.29, 0.717) is 0 Å². The number of alkyl halides is 3. The smallest absolute Gasteiger partial charge is 0.460 e. The van der Waals surface area contributed by atoms with Crippen LogP contribution in [0, 0.1) is 5.82 Å². The van der Waals surface area contributed by atoms with Gasteiger partial charge in [-0.05, 0) is 31.2 Å². The van der Waals surface area contributed by atoms with Crippen molar-refractivity contribution in [2.45, 2.75) is 18.8 Å². The molecule has 0 bridgehead atoms. The number of hydrogen-bond acceptors (Lipinski definition) is 4. The molecule has 2 aromatic carbocycles. The number of para-hydroxylation sites is 2. The highest BCUT2D eigenvalue weighted by Crippen LogP contribution is 2.34. The predicted molar refractivity (Wildman–Crippen MR) is 91.0 cm³/mol. The molecule has 0 saturated heterocycles. The zero-order valence-corrected chi connectivity index (χ0v) is 14.5. The third-order valence-electron chi connectivity index (χ3n) is 3.39. The predicted octanol–water partition coefficient (Wildman–Crippen LogP) is 3.85. The number of anilines is 1. The van der Waals surface area contributed by atoms with Crippen LogP contribution in [0.25, 0.3) is 0 Å². The van der Waals surface area contributed by atoms with Gasteiger partial charge in [0.1, 0.15) is 11.6 Å². The zero-order chi connectivity index (χ0) is 20.8. The topological polar surface area (TPSA) is 76.7 Å². The van der Waals surface area contributed by atoms with Crippen LogP contribution in [0.2, 0.25) is 0 Å². The summed E-state index contributed by atoms with van der Waals surface area (Å²) in [5.74, 6) is -3.11. The van der Waals surface area contributed by atoms with Crippen LogP contribution in [0.1, 0.15) is 6.92 Å². The Bertz CT molecular complexity index is 830. The maximum Gasteiger partial charge on any atom is 0.460 e. The Labute approximate surface area is 157 Å². The van der Waals surface area contributed by atoms with E-state index in [9.17, 15) is 27.2 Å². The maximum atomic E-state index is 13.9. The summed E-state index contributed by atoms with van der Waals surface area (Å²) >= 11 is 0. The second-order valence-corrected chi connectivity index (χ2v) is 5.37. The molecule has 0 aliphatic carbocycles. The van der Waals surface area contributed by atoms with E-state index in [2.05, 4.69) is 4.74 Å². The average molecular weight is 400 g/mol. The number of urea groups is 1. The first-order chi connectivity index (χ1) is 13.2. The summed E-state index contributed by atoms with van der Waals surface area (Å²) in [6.07, 6.45) is -5.40. The van der Waals surface area contributed by atoms with Gasteiger partial charge in [-0.2, -0.15) is 13.2 Å². The number of hydrogen-bond donors (Lipinski definition) is 2. The monoisotopic (exact) mass is 400 g/mol. The van der Waals surface area contributed by atoms with Gasteiger partial charge in [0.15, 0.2) is 0 Å². The summed E-state index contributed by atoms with van der Waals surface area (Å²) in [5, 5.41) is 3.35. The first-order valence-corrected chi connectivity index (χ1v) is 8.01. The van der Waals surface area contributed by atoms with E-state index >= 15 is 0 Å². The lowest BCUT2D eigenvalue weighted by Gasteiger charge is -2.33. The van der Waals surface area contributed by atoms with Crippen LogP contribution in [0.4, 0.5) is 28.0 Å². The van der Waals surface area contributed by atoms with Gasteiger partial charge in [0.2, 0.25) is 0 Å². The highest BCUT2D eigenvalue weighted by Gasteiger charge is 2.66. The number of nitrogens with one attached hydrogen (secondary N) is 2. The molecule has 0 radical (unpaired) electrons. The third-order valence-corrected chi connectivity index (χ3v) is 3.39. The van der Waals surface area contributed by atoms with E-state index < -0.39 is 36.3 Å². The lowest BCUT2D eigenvalue weighted by Crippen LogP contribution is -2.69. The highest BCUT2D eigenvalue weighted by atomic mass is 19.4. The fourth-order valence-corrected chi connectivity index (χ4v) is 2.14. The Balaban J connectivity index is 2.39. The lowest BCUT2D eigenvalue weighted by molar-refractivity contribution is -0.259. The molecule has 150 valence electrons. The summed E-state index contributed by atoms with van der Waals surface area (Å²) in [5.41, 5.74) is -4.24. The zero-order valence-electron chi connectivity index (χ0n) is 14.5. The van der Waals surface area contributed by atoms with Gasteiger partial charge in [0, 0.05) is 0 Å². The Kier molecular flexibility index (Phi) is 6.45. The maximum absolute atomic E-state index is 13.9. The molecule has 0 aromatic heterocycles. The molecule has 0 spiro atoms. The second kappa shape index (κ2) is 8.59. The molecule has 0 heterocycles. The van der Waals surface area contributed by atoms with Crippen molar-refractivity contribution in [1.82, 2.24) is 5.32 Å². The minimum Gasteiger partial charge on any atom is -0.461 e. The lowest BCUT2D eigenvalue weighted by atomic mass is 10.2. The quantitative estimate of drug-likeness (QED) is 0.439. The molecule has 0 aliphatic rings. The number of carbonyl (C=O) groups is 2. The van der Waals surface area contributed by atoms with Crippen molar-refractivity contribution < 1.29 is 36.6 Å². The Hall–Kier alpha value is -3.30. The van der Waals surface area contributed by atoms with E-state index in [0.717, 1.165) is 24.3 Å². The Morgan fingerprint density at radius 1 is 1.00 bits per heavy atom. The van der Waals surface area contributed by atoms with Crippen LogP contribution in [0.5, 0.6) is 5.75 Å². The standard InChI is InChI=1S/C18H16F4N2O4/c1-2-27-15(25)17(18(20,21)22,28-12-8-4-3-5-9-12)24-16(26)23-14-11-7-6-10-13(14)19/h3-11H,2H2,1H3,(H2,23,24,26). The number of benzene rings is 2. The van der Waals surface area contributed by atoms with E-state index in [1.54, 1.807) is 0 Å². The molecule has 2 rings (SSSR count). The molecule has 28 heavy (non-hydrogen) atoms. The summed E-state index contributed by atoms with van der Waals surface area (Å²) in [4.78, 5) is 24.3. The van der Waals surface area contributed by atoms with E-state index in [1.807, 2.05) is 5.32 Å². The van der Waals surface area contributed by atoms with Crippen molar-refractivity contribution >= 4 is 17.7 Å². The number of amides is 2. The van der Waals surface area contributed by atoms with Crippen molar-refractivity contribution in [2.75, 3.05) is 11.9 Å². The molecule has 2 N–H and O–H groups in total. The number of rotatable bonds is 6. The summed E-state index contributed by atoms with van der Waals surface area (Å²) < 4.78 is 64.6. The van der Waals surface area contributed by atoms with Gasteiger partial charge in [-0.15, -0.1) is 0 Å². The molecule has 0 fully saturated rings. The molecule has 10 heteroatoms. The van der Waals surface area contributed by atoms with E-state index in [-0.39, 0.29) is 11.4 Å². The molecule has 1 atom stereocenters. The number of halogens is 4. The fourth-order valence-electron chi connectivity index (χ4n) is 2.14. The van der Waals surface area contributed by atoms with Gasteiger partial charge in [-0.1, -0.05) is 30.3 Å². The molecule has 2 aromatic rings. The summed E-state index contributed by atoms with van der Waals surface area (Å²) in [7, 11) is 0. The van der Waals surface area contributed by atoms with Crippen molar-refractivity contribution in [2.24, 2.45) is 0 Å². The Morgan fingerprint density at radius 3 is 2.18 bits per heavy atom. The number of carbonyl (C=O) groups excluding carboxylic acids is 2. The number of esters is 1. The second-order valence-electron chi connectivity index (χ2n) is 5.37. The first kappa shape index (κ1) is 21.0. The van der Waals surface area contributed by atoms with Crippen molar-refractivity contribution in [3.05, 3.63) is 60.4 Å². The van der Waals surface area contributed by atoms with Crippen LogP contribution in [-0.2, 0) is 9.53 Å². The molecule has 0 saturated carbocycles. The van der Waals surface area contributed by atoms with Gasteiger partial charge in [0.25, 0.3) is 0 Å². The summed E-state index contributed by atoms with van der Waals surface area (Å²) in [6.45, 7) is 0.895. The first-order valence-electron chi connectivity index (χ1n) is 8.01. The SMILES string of the molecule is CCOC(=O)C(NC(=O)Nc1ccccc1F)(Oc1ccccc1)C(F)(F)F. The van der Waals surface area contributed by atoms with Gasteiger partial charge in [-0.25, -0.2) is 14.0 Å². The van der Waals surface area contributed by atoms with Gasteiger partial charge < -0.3 is 14.8 Å². The van der Waals surface area contributed by atoms with Gasteiger partial charge in [0.05, 0.1) is 12.3 Å². The van der Waals surface area contributed by atoms with Crippen LogP contribution in [0.15, 0.2) is 54.6 Å². The van der Waals surface area contributed by atoms with Crippen molar-refractivity contribution in [3.8, 4) is 5.75 Å². The molecule has 1 unspecified atom stereocenters. The van der Waals surface area contributed by atoms with Crippen LogP contribution >= 0.6 is 0 Å². The molecule has 0 aliphatic heterocycles. The largest absolute Gasteiger partial charge is 0.461 e. The fraction of sp³-hybridized carbons (Fsp3) is 0.222. The molecule has 2 amide bonds. The normalized spacial score (nSPS) is 13.2. The highest BCUT2D eigenvalue weighted by molar-refractivity contribution is 5.94. The van der Waals surface area contributed by atoms with Gasteiger partial charge in [-0.3, -0.25) is 5.32 Å². The molecular weight excluding hydrogens is 384 g/mol. The minimum atomic E-state index is -5.40. The minimum absolute atomic E-state index is 0.348. The van der Waals surface area contributed by atoms with E-state index in [4.69, 9.17) is 4.74 Å². The van der Waals surface area contributed by atoms with Crippen LogP contribution in [0.3, 0.4) is 0 Å². The van der Waals surface area contributed by atoms with Crippen LogP contribution < -0.4 is 15.4 Å². The van der Waals surface area contributed by atoms with E-state index in [1.165, 1.54) is 42.6 Å². The average Bonchev–Trinajstić information content (AvgIpc) is 2.63. The van der Waals surface area contributed by atoms with Gasteiger partial charge >= 0.3 is 23.9 Å². The van der Waals surface area contributed by atoms with Crippen molar-refractivity contribution in [3.63, 3.8) is 0 Å². The third kappa shape index (κ3) is 4.70. The number of ether oxygens (including phenoxy) is 2.